The fourth-order valence-electron chi connectivity index (χ4n) is 1.27. The van der Waals surface area contributed by atoms with Crippen molar-refractivity contribution in [3.05, 3.63) is 10.4 Å². The van der Waals surface area contributed by atoms with Gasteiger partial charge in [-0.2, -0.15) is 0 Å². The third-order valence-corrected chi connectivity index (χ3v) is 1.20. The predicted octanol–water partition coefficient (Wildman–Crippen LogP) is 2.20. The van der Waals surface area contributed by atoms with Crippen molar-refractivity contribution in [1.82, 2.24) is 0 Å². The van der Waals surface area contributed by atoms with Crippen LogP contribution in [0.5, 0.6) is 0 Å². The van der Waals surface area contributed by atoms with Crippen LogP contribution in [0.4, 0.5) is 0 Å². The van der Waals surface area contributed by atoms with Gasteiger partial charge in [-0.1, -0.05) is 19.0 Å². The zero-order chi connectivity index (χ0) is 9.12. The van der Waals surface area contributed by atoms with Gasteiger partial charge in [0, 0.05) is 16.0 Å². The third kappa shape index (κ3) is 5.70. The molecule has 0 aliphatic rings. The topological polar surface area (TPSA) is 74.8 Å². The van der Waals surface area contributed by atoms with Gasteiger partial charge < -0.3 is 5.73 Å². The number of hydrogen-bond acceptors (Lipinski definition) is 2. The quantitative estimate of drug-likeness (QED) is 0.379. The van der Waals surface area contributed by atoms with E-state index in [0.717, 1.165) is 0 Å². The second kappa shape index (κ2) is 3.11. The Balaban J connectivity index is 4.24. The Hall–Kier alpha value is -0.730. The fraction of sp³-hybridized carbons (Fsp3) is 1.00. The van der Waals surface area contributed by atoms with Crippen LogP contribution in [0.15, 0.2) is 5.11 Å². The molecule has 0 fully saturated rings. The molecule has 0 spiro atoms. The number of nitrogens with two attached hydrogens (primary N) is 1. The standard InChI is InChI=1S/C7H16N4/c1-6(2,8)5-7(3,4)10-11-9/h5,8H2,1-4H3. The zero-order valence-corrected chi connectivity index (χ0v) is 7.63. The van der Waals surface area contributed by atoms with E-state index in [2.05, 4.69) is 10.0 Å². The Morgan fingerprint density at radius 1 is 1.36 bits per heavy atom. The summed E-state index contributed by atoms with van der Waals surface area (Å²) in [4.78, 5) is 2.76. The highest BCUT2D eigenvalue weighted by Crippen LogP contribution is 2.21. The van der Waals surface area contributed by atoms with Crippen LogP contribution in [0.2, 0.25) is 0 Å². The lowest BCUT2D eigenvalue weighted by Gasteiger charge is -2.27. The van der Waals surface area contributed by atoms with Gasteiger partial charge in [0.05, 0.1) is 0 Å². The number of azide groups is 1. The largest absolute Gasteiger partial charge is 0.326 e. The highest BCUT2D eigenvalue weighted by molar-refractivity contribution is 4.87. The van der Waals surface area contributed by atoms with E-state index in [0.29, 0.717) is 6.42 Å². The molecule has 0 radical (unpaired) electrons. The minimum absolute atomic E-state index is 0.280. The first kappa shape index (κ1) is 10.3. The molecule has 4 heteroatoms. The van der Waals surface area contributed by atoms with E-state index in [9.17, 15) is 0 Å². The minimum Gasteiger partial charge on any atom is -0.326 e. The van der Waals surface area contributed by atoms with E-state index >= 15 is 0 Å². The van der Waals surface area contributed by atoms with Gasteiger partial charge in [0.15, 0.2) is 0 Å². The molecule has 64 valence electrons. The number of hydrogen-bond donors (Lipinski definition) is 1. The molecule has 0 amide bonds. The SMILES string of the molecule is CC(C)(N)CC(C)(C)N=[N+]=[N-]. The molecule has 0 bridgehead atoms. The molecule has 2 N–H and O–H groups in total. The molecule has 0 aromatic heterocycles. The van der Waals surface area contributed by atoms with Gasteiger partial charge in [-0.25, -0.2) is 0 Å². The molecule has 0 aliphatic heterocycles. The summed E-state index contributed by atoms with van der Waals surface area (Å²) in [6, 6.07) is 0. The van der Waals surface area contributed by atoms with Crippen LogP contribution < -0.4 is 5.73 Å². The van der Waals surface area contributed by atoms with Crippen molar-refractivity contribution in [2.24, 2.45) is 10.8 Å². The maximum Gasteiger partial charge on any atom is 0.0449 e. The Labute approximate surface area is 67.4 Å². The molecule has 0 rings (SSSR count). The molecule has 0 aliphatic carbocycles. The van der Waals surface area contributed by atoms with Crippen LogP contribution in [-0.2, 0) is 0 Å². The second-order valence-corrected chi connectivity index (χ2v) is 4.17. The lowest BCUT2D eigenvalue weighted by atomic mass is 9.89. The summed E-state index contributed by atoms with van der Waals surface area (Å²) >= 11 is 0. The van der Waals surface area contributed by atoms with Crippen molar-refractivity contribution in [2.75, 3.05) is 0 Å². The number of rotatable bonds is 3. The molecule has 11 heavy (non-hydrogen) atoms. The van der Waals surface area contributed by atoms with Crippen LogP contribution >= 0.6 is 0 Å². The van der Waals surface area contributed by atoms with Gasteiger partial charge in [-0.15, -0.1) is 0 Å². The van der Waals surface area contributed by atoms with E-state index in [4.69, 9.17) is 11.3 Å². The maximum atomic E-state index is 8.22. The van der Waals surface area contributed by atoms with Crippen LogP contribution in [0.25, 0.3) is 10.4 Å². The average Bonchev–Trinajstić information content (AvgIpc) is 1.55. The summed E-state index contributed by atoms with van der Waals surface area (Å²) < 4.78 is 0. The molecule has 0 unspecified atom stereocenters. The first-order chi connectivity index (χ1) is 4.77. The lowest BCUT2D eigenvalue weighted by molar-refractivity contribution is 0.351. The third-order valence-electron chi connectivity index (χ3n) is 1.20. The molecule has 0 atom stereocenters. The highest BCUT2D eigenvalue weighted by Gasteiger charge is 2.24. The summed E-state index contributed by atoms with van der Waals surface area (Å²) in [6.07, 6.45) is 0.685. The lowest BCUT2D eigenvalue weighted by Crippen LogP contribution is -2.39. The fourth-order valence-corrected chi connectivity index (χ4v) is 1.27. The molecule has 0 aromatic rings. The van der Waals surface area contributed by atoms with E-state index in [-0.39, 0.29) is 11.1 Å². The minimum atomic E-state index is -0.382. The Bertz CT molecular complexity index is 171. The summed E-state index contributed by atoms with van der Waals surface area (Å²) in [7, 11) is 0. The van der Waals surface area contributed by atoms with E-state index in [1.165, 1.54) is 0 Å². The van der Waals surface area contributed by atoms with Gasteiger partial charge in [-0.05, 0) is 25.8 Å². The van der Waals surface area contributed by atoms with Crippen LogP contribution in [0.3, 0.4) is 0 Å². The van der Waals surface area contributed by atoms with E-state index in [1.54, 1.807) is 0 Å². The molecule has 4 nitrogen and oxygen atoms in total. The molecular weight excluding hydrogens is 140 g/mol. The van der Waals surface area contributed by atoms with Crippen LogP contribution in [0, 0.1) is 0 Å². The van der Waals surface area contributed by atoms with E-state index in [1.807, 2.05) is 27.7 Å². The van der Waals surface area contributed by atoms with Crippen molar-refractivity contribution >= 4 is 0 Å². The summed E-state index contributed by atoms with van der Waals surface area (Å²) in [6.45, 7) is 7.59. The second-order valence-electron chi connectivity index (χ2n) is 4.17. The molecule has 0 saturated carbocycles. The maximum absolute atomic E-state index is 8.22. The van der Waals surface area contributed by atoms with Gasteiger partial charge in [-0.3, -0.25) is 0 Å². The summed E-state index contributed by atoms with van der Waals surface area (Å²) in [5.74, 6) is 0. The summed E-state index contributed by atoms with van der Waals surface area (Å²) in [5.41, 5.74) is 13.3. The van der Waals surface area contributed by atoms with Crippen LogP contribution in [0.1, 0.15) is 34.1 Å². The molecule has 0 heterocycles. The first-order valence-electron chi connectivity index (χ1n) is 3.62. The van der Waals surface area contributed by atoms with Crippen LogP contribution in [-0.4, -0.2) is 11.1 Å². The smallest absolute Gasteiger partial charge is 0.0449 e. The average molecular weight is 156 g/mol. The molecule has 0 saturated heterocycles. The van der Waals surface area contributed by atoms with Gasteiger partial charge in [0.1, 0.15) is 0 Å². The predicted molar refractivity (Wildman–Crippen MR) is 46.1 cm³/mol. The monoisotopic (exact) mass is 156 g/mol. The Morgan fingerprint density at radius 3 is 2.09 bits per heavy atom. The van der Waals surface area contributed by atoms with Crippen molar-refractivity contribution < 1.29 is 0 Å². The summed E-state index contributed by atoms with van der Waals surface area (Å²) in [5, 5.41) is 3.64. The number of nitrogens with zero attached hydrogens (tertiary/aromatic N) is 3. The van der Waals surface area contributed by atoms with Crippen molar-refractivity contribution in [2.45, 2.75) is 45.2 Å². The van der Waals surface area contributed by atoms with Crippen molar-refractivity contribution in [1.29, 1.82) is 0 Å². The zero-order valence-electron chi connectivity index (χ0n) is 7.63. The van der Waals surface area contributed by atoms with Crippen molar-refractivity contribution in [3.63, 3.8) is 0 Å². The van der Waals surface area contributed by atoms with Gasteiger partial charge in [0.2, 0.25) is 0 Å². The molecule has 0 aromatic carbocycles. The Kier molecular flexibility index (Phi) is 2.91. The first-order valence-corrected chi connectivity index (χ1v) is 3.62. The molecular formula is C7H16N4. The highest BCUT2D eigenvalue weighted by atomic mass is 15.2. The van der Waals surface area contributed by atoms with Gasteiger partial charge in [0.25, 0.3) is 0 Å². The van der Waals surface area contributed by atoms with Gasteiger partial charge >= 0.3 is 0 Å². The normalized spacial score (nSPS) is 12.5. The Morgan fingerprint density at radius 2 is 1.82 bits per heavy atom. The van der Waals surface area contributed by atoms with E-state index < -0.39 is 0 Å². The van der Waals surface area contributed by atoms with Crippen molar-refractivity contribution in [3.8, 4) is 0 Å².